The van der Waals surface area contributed by atoms with Crippen LogP contribution in [0.1, 0.15) is 39.0 Å². The van der Waals surface area contributed by atoms with E-state index in [2.05, 4.69) is 0 Å². The van der Waals surface area contributed by atoms with Gasteiger partial charge in [0.05, 0.1) is 17.4 Å². The summed E-state index contributed by atoms with van der Waals surface area (Å²) in [7, 11) is -4.35. The highest BCUT2D eigenvalue weighted by Gasteiger charge is 2.39. The fraction of sp³-hybridized carbons (Fsp3) is 0.500. The fourth-order valence-electron chi connectivity index (χ4n) is 5.69. The number of carboxylic acids is 1. The van der Waals surface area contributed by atoms with Crippen LogP contribution in [0.3, 0.4) is 0 Å². The Morgan fingerprint density at radius 3 is 2.51 bits per heavy atom. The summed E-state index contributed by atoms with van der Waals surface area (Å²) in [5.74, 6) is -2.99. The van der Waals surface area contributed by atoms with Crippen molar-refractivity contribution in [2.24, 2.45) is 23.3 Å². The molecule has 2 saturated heterocycles. The maximum absolute atomic E-state index is 13.9. The molecular weight excluding hydrogens is 548 g/mol. The number of hydrogen-bond acceptors (Lipinski definition) is 7. The zero-order valence-corrected chi connectivity index (χ0v) is 23.9. The van der Waals surface area contributed by atoms with Crippen LogP contribution in [0.15, 0.2) is 47.4 Å². The lowest BCUT2D eigenvalue weighted by Gasteiger charge is -2.38. The molecule has 2 aliphatic heterocycles. The monoisotopic (exact) mass is 586 g/mol. The quantitative estimate of drug-likeness (QED) is 0.261. The van der Waals surface area contributed by atoms with Gasteiger partial charge in [-0.3, -0.25) is 15.0 Å². The van der Waals surface area contributed by atoms with Gasteiger partial charge in [0.2, 0.25) is 11.8 Å². The maximum atomic E-state index is 13.9. The number of hydrogen-bond donors (Lipinski definition) is 4. The Hall–Kier alpha value is -3.71. The minimum atomic E-state index is -4.35. The topological polar surface area (TPSA) is 191 Å². The molecule has 0 spiro atoms. The van der Waals surface area contributed by atoms with E-state index in [-0.39, 0.29) is 42.2 Å². The zero-order valence-electron chi connectivity index (χ0n) is 23.1. The van der Waals surface area contributed by atoms with Gasteiger partial charge in [0.15, 0.2) is 5.96 Å². The Bertz CT molecular complexity index is 1430. The third-order valence-corrected chi connectivity index (χ3v) is 9.80. The molecule has 2 aromatic carbocycles. The first-order valence-electron chi connectivity index (χ1n) is 13.8. The van der Waals surface area contributed by atoms with Crippen LogP contribution < -0.4 is 11.5 Å². The van der Waals surface area contributed by atoms with Gasteiger partial charge in [-0.1, -0.05) is 37.3 Å². The summed E-state index contributed by atoms with van der Waals surface area (Å²) >= 11 is 0. The minimum absolute atomic E-state index is 0.0698. The zero-order chi connectivity index (χ0) is 29.9. The third kappa shape index (κ3) is 6.79. The number of carbonyl (C=O) groups is 3. The van der Waals surface area contributed by atoms with Crippen molar-refractivity contribution in [1.82, 2.24) is 14.1 Å². The van der Waals surface area contributed by atoms with Gasteiger partial charge in [-0.2, -0.15) is 0 Å². The highest BCUT2D eigenvalue weighted by atomic mass is 32.2. The van der Waals surface area contributed by atoms with Crippen LogP contribution in [0.2, 0.25) is 0 Å². The predicted octanol–water partition coefficient (Wildman–Crippen LogP) is 1.39. The number of nitrogens with one attached hydrogen (secondary N) is 1. The van der Waals surface area contributed by atoms with E-state index in [0.29, 0.717) is 37.7 Å². The molecule has 13 heteroatoms. The Labute approximate surface area is 239 Å². The van der Waals surface area contributed by atoms with Gasteiger partial charge >= 0.3 is 5.97 Å². The molecule has 2 heterocycles. The molecular formula is C28H38N6O6S. The van der Waals surface area contributed by atoms with E-state index >= 15 is 0 Å². The number of fused-ring (bicyclic) bond motifs is 1. The summed E-state index contributed by atoms with van der Waals surface area (Å²) in [5.41, 5.74) is 11.8. The molecule has 0 aromatic heterocycles. The lowest BCUT2D eigenvalue weighted by atomic mass is 9.91. The van der Waals surface area contributed by atoms with Gasteiger partial charge in [-0.05, 0) is 60.4 Å². The van der Waals surface area contributed by atoms with Crippen LogP contribution in [0, 0.1) is 17.2 Å². The van der Waals surface area contributed by atoms with Gasteiger partial charge in [0.25, 0.3) is 10.0 Å². The number of guanidine groups is 1. The van der Waals surface area contributed by atoms with E-state index in [1.54, 1.807) is 23.1 Å². The lowest BCUT2D eigenvalue weighted by Crippen LogP contribution is -2.56. The molecule has 1 unspecified atom stereocenters. The van der Waals surface area contributed by atoms with Crippen LogP contribution in [0.4, 0.5) is 0 Å². The van der Waals surface area contributed by atoms with E-state index in [1.165, 1.54) is 17.0 Å². The smallest absolute Gasteiger partial charge is 0.326 e. The van der Waals surface area contributed by atoms with E-state index in [4.69, 9.17) is 16.9 Å². The van der Waals surface area contributed by atoms with Crippen molar-refractivity contribution >= 4 is 44.5 Å². The normalized spacial score (nSPS) is 22.2. The van der Waals surface area contributed by atoms with E-state index < -0.39 is 46.3 Å². The van der Waals surface area contributed by atoms with Crippen molar-refractivity contribution in [2.75, 3.05) is 26.2 Å². The number of rotatable bonds is 8. The second-order valence-corrected chi connectivity index (χ2v) is 13.0. The minimum Gasteiger partial charge on any atom is -0.480 e. The van der Waals surface area contributed by atoms with Crippen molar-refractivity contribution in [1.29, 1.82) is 5.41 Å². The molecule has 0 radical (unpaired) electrons. The standard InChI is InChI=1S/C28H38N6O6S/c1-18-10-12-33(24(13-18)27(37)38)26(36)23(29)15-25(35)34(17-19-5-4-11-32(16-19)28(30)31)41(39,40)22-9-8-20-6-2-3-7-21(20)14-22/h2-3,6-9,14,18-19,23-24H,4-5,10-13,15-17,29H2,1H3,(H3,30,31)(H,37,38)/t18-,19+,23+,24?/m1/s1. The summed E-state index contributed by atoms with van der Waals surface area (Å²) in [5, 5.41) is 19.0. The number of carboxylic acid groups (broad SMARTS) is 1. The van der Waals surface area contributed by atoms with Gasteiger partial charge in [-0.25, -0.2) is 17.5 Å². The summed E-state index contributed by atoms with van der Waals surface area (Å²) in [6.45, 7) is 2.81. The predicted molar refractivity (Wildman–Crippen MR) is 153 cm³/mol. The molecule has 2 aliphatic rings. The highest BCUT2D eigenvalue weighted by molar-refractivity contribution is 7.89. The molecule has 0 aliphatic carbocycles. The molecule has 12 nitrogen and oxygen atoms in total. The van der Waals surface area contributed by atoms with Crippen molar-refractivity contribution in [3.05, 3.63) is 42.5 Å². The SMILES string of the molecule is C[C@@H]1CCN(C(=O)[C@@H](N)CC(=O)N(C[C@H]2CCCN(C(=N)N)C2)S(=O)(=O)c2ccc3ccccc3c2)C(C(=O)O)C1. The summed E-state index contributed by atoms with van der Waals surface area (Å²) in [6, 6.07) is 9.41. The average Bonchev–Trinajstić information content (AvgIpc) is 2.95. The fourth-order valence-corrected chi connectivity index (χ4v) is 7.21. The molecule has 0 bridgehead atoms. The lowest BCUT2D eigenvalue weighted by molar-refractivity contribution is -0.154. The summed E-state index contributed by atoms with van der Waals surface area (Å²) in [6.07, 6.45) is 1.57. The highest BCUT2D eigenvalue weighted by Crippen LogP contribution is 2.27. The van der Waals surface area contributed by atoms with Gasteiger partial charge in [0.1, 0.15) is 6.04 Å². The van der Waals surface area contributed by atoms with Gasteiger partial charge in [0, 0.05) is 26.2 Å². The number of sulfonamides is 1. The number of nitrogens with two attached hydrogens (primary N) is 2. The molecule has 222 valence electrons. The molecule has 2 aromatic rings. The molecule has 4 atom stereocenters. The van der Waals surface area contributed by atoms with Crippen molar-refractivity contribution in [3.63, 3.8) is 0 Å². The van der Waals surface area contributed by atoms with Crippen LogP contribution in [-0.2, 0) is 24.4 Å². The van der Waals surface area contributed by atoms with E-state index in [1.807, 2.05) is 19.1 Å². The van der Waals surface area contributed by atoms with Crippen LogP contribution >= 0.6 is 0 Å². The summed E-state index contributed by atoms with van der Waals surface area (Å²) in [4.78, 5) is 41.5. The first kappa shape index (κ1) is 30.3. The Morgan fingerprint density at radius 1 is 1.12 bits per heavy atom. The van der Waals surface area contributed by atoms with Crippen LogP contribution in [0.25, 0.3) is 10.8 Å². The van der Waals surface area contributed by atoms with Crippen LogP contribution in [0.5, 0.6) is 0 Å². The molecule has 0 saturated carbocycles. The third-order valence-electron chi connectivity index (χ3n) is 8.02. The Morgan fingerprint density at radius 2 is 1.83 bits per heavy atom. The number of aliphatic carboxylic acids is 1. The molecule has 2 fully saturated rings. The summed E-state index contributed by atoms with van der Waals surface area (Å²) < 4.78 is 28.7. The van der Waals surface area contributed by atoms with Crippen molar-refractivity contribution in [2.45, 2.75) is 56.0 Å². The molecule has 6 N–H and O–H groups in total. The number of piperidine rings is 2. The van der Waals surface area contributed by atoms with Crippen molar-refractivity contribution < 1.29 is 27.9 Å². The number of carbonyl (C=O) groups excluding carboxylic acids is 2. The molecule has 41 heavy (non-hydrogen) atoms. The van der Waals surface area contributed by atoms with Gasteiger partial charge in [-0.15, -0.1) is 0 Å². The maximum Gasteiger partial charge on any atom is 0.326 e. The van der Waals surface area contributed by atoms with Crippen LogP contribution in [-0.4, -0.2) is 89.6 Å². The number of nitrogens with zero attached hydrogens (tertiary/aromatic N) is 3. The number of amides is 2. The number of benzene rings is 2. The first-order valence-corrected chi connectivity index (χ1v) is 15.2. The Kier molecular flexibility index (Phi) is 9.17. The van der Waals surface area contributed by atoms with E-state index in [9.17, 15) is 27.9 Å². The molecule has 2 amide bonds. The second kappa shape index (κ2) is 12.4. The largest absolute Gasteiger partial charge is 0.480 e. The second-order valence-electron chi connectivity index (χ2n) is 11.1. The molecule has 4 rings (SSSR count). The Balaban J connectivity index is 1.60. The average molecular weight is 587 g/mol. The van der Waals surface area contributed by atoms with Gasteiger partial charge < -0.3 is 26.4 Å². The first-order chi connectivity index (χ1) is 19.4. The van der Waals surface area contributed by atoms with Crippen molar-refractivity contribution in [3.8, 4) is 0 Å². The van der Waals surface area contributed by atoms with E-state index in [0.717, 1.165) is 9.69 Å². The number of likely N-dealkylation sites (tertiary alicyclic amines) is 2.